The van der Waals surface area contributed by atoms with Crippen molar-refractivity contribution in [2.75, 3.05) is 13.2 Å². The summed E-state index contributed by atoms with van der Waals surface area (Å²) in [7, 11) is 0. The van der Waals surface area contributed by atoms with Gasteiger partial charge >= 0.3 is 0 Å². The van der Waals surface area contributed by atoms with E-state index in [1.54, 1.807) is 0 Å². The fraction of sp³-hybridized carbons (Fsp3) is 0.909. The number of hydrogen-bond acceptors (Lipinski definition) is 2. The van der Waals surface area contributed by atoms with E-state index in [0.29, 0.717) is 6.61 Å². The molecule has 0 aromatic heterocycles. The molecular formula is C11H19NO2. The van der Waals surface area contributed by atoms with Crippen LogP contribution < -0.4 is 5.32 Å². The molecule has 0 radical (unpaired) electrons. The first-order valence-corrected chi connectivity index (χ1v) is 5.71. The Kier molecular flexibility index (Phi) is 3.40. The van der Waals surface area contributed by atoms with E-state index in [1.807, 2.05) is 0 Å². The van der Waals surface area contributed by atoms with Crippen molar-refractivity contribution in [2.24, 2.45) is 5.92 Å². The van der Waals surface area contributed by atoms with Crippen LogP contribution in [0.4, 0.5) is 0 Å². The summed E-state index contributed by atoms with van der Waals surface area (Å²) in [5.74, 6) is 0.868. The number of carbonyl (C=O) groups excluding carboxylic acids is 1. The van der Waals surface area contributed by atoms with E-state index in [0.717, 1.165) is 12.3 Å². The van der Waals surface area contributed by atoms with Crippen molar-refractivity contribution in [1.82, 2.24) is 5.32 Å². The zero-order chi connectivity index (χ0) is 9.80. The maximum Gasteiger partial charge on any atom is 0.246 e. The molecule has 1 atom stereocenters. The van der Waals surface area contributed by atoms with Gasteiger partial charge in [-0.3, -0.25) is 4.79 Å². The molecule has 1 heterocycles. The van der Waals surface area contributed by atoms with Gasteiger partial charge in [-0.1, -0.05) is 32.1 Å². The van der Waals surface area contributed by atoms with Gasteiger partial charge in [0.05, 0.1) is 12.6 Å². The molecule has 2 rings (SSSR count). The van der Waals surface area contributed by atoms with Crippen LogP contribution in [-0.2, 0) is 9.53 Å². The van der Waals surface area contributed by atoms with E-state index >= 15 is 0 Å². The molecule has 0 bridgehead atoms. The fourth-order valence-electron chi connectivity index (χ4n) is 2.56. The molecule has 14 heavy (non-hydrogen) atoms. The largest absolute Gasteiger partial charge is 0.370 e. The zero-order valence-corrected chi connectivity index (χ0v) is 8.63. The van der Waals surface area contributed by atoms with Crippen molar-refractivity contribution in [2.45, 2.75) is 44.6 Å². The van der Waals surface area contributed by atoms with E-state index in [4.69, 9.17) is 4.74 Å². The Morgan fingerprint density at radius 3 is 2.79 bits per heavy atom. The number of carbonyl (C=O) groups is 1. The van der Waals surface area contributed by atoms with Crippen LogP contribution in [0.5, 0.6) is 0 Å². The molecule has 80 valence electrons. The third kappa shape index (κ3) is 2.71. The molecule has 0 spiro atoms. The summed E-state index contributed by atoms with van der Waals surface area (Å²) in [6.45, 7) is 0.962. The summed E-state index contributed by atoms with van der Waals surface area (Å²) in [6.07, 6.45) is 7.92. The molecule has 1 aliphatic heterocycles. The maximum atomic E-state index is 11.1. The highest BCUT2D eigenvalue weighted by molar-refractivity contribution is 5.78. The second-order valence-corrected chi connectivity index (χ2v) is 4.52. The first-order valence-electron chi connectivity index (χ1n) is 5.71. The van der Waals surface area contributed by atoms with Crippen LogP contribution >= 0.6 is 0 Å². The quantitative estimate of drug-likeness (QED) is 0.728. The van der Waals surface area contributed by atoms with E-state index in [-0.39, 0.29) is 18.6 Å². The Balaban J connectivity index is 1.75. The van der Waals surface area contributed by atoms with Crippen molar-refractivity contribution in [1.29, 1.82) is 0 Å². The second-order valence-electron chi connectivity index (χ2n) is 4.52. The van der Waals surface area contributed by atoms with Gasteiger partial charge in [0.15, 0.2) is 0 Å². The summed E-state index contributed by atoms with van der Waals surface area (Å²) in [5.41, 5.74) is 0. The lowest BCUT2D eigenvalue weighted by atomic mass is 9.85. The van der Waals surface area contributed by atoms with Crippen LogP contribution in [-0.4, -0.2) is 25.2 Å². The van der Waals surface area contributed by atoms with Gasteiger partial charge in [-0.25, -0.2) is 0 Å². The molecule has 0 unspecified atom stereocenters. The summed E-state index contributed by atoms with van der Waals surface area (Å²) in [5, 5.41) is 3.00. The van der Waals surface area contributed by atoms with Crippen LogP contribution in [0.1, 0.15) is 38.5 Å². The van der Waals surface area contributed by atoms with Gasteiger partial charge in [-0.05, 0) is 12.3 Å². The summed E-state index contributed by atoms with van der Waals surface area (Å²) >= 11 is 0. The Bertz CT molecular complexity index is 199. The fourth-order valence-corrected chi connectivity index (χ4v) is 2.56. The van der Waals surface area contributed by atoms with Gasteiger partial charge < -0.3 is 10.1 Å². The first kappa shape index (κ1) is 9.97. The zero-order valence-electron chi connectivity index (χ0n) is 8.63. The molecule has 0 aromatic rings. The van der Waals surface area contributed by atoms with E-state index in [1.165, 1.54) is 32.1 Å². The van der Waals surface area contributed by atoms with Crippen molar-refractivity contribution in [3.05, 3.63) is 0 Å². The van der Waals surface area contributed by atoms with Crippen molar-refractivity contribution in [3.8, 4) is 0 Å². The highest BCUT2D eigenvalue weighted by atomic mass is 16.5. The maximum absolute atomic E-state index is 11.1. The number of rotatable bonds is 2. The van der Waals surface area contributed by atoms with Gasteiger partial charge in [0.2, 0.25) is 5.91 Å². The normalized spacial score (nSPS) is 30.0. The number of morpholine rings is 1. The molecule has 1 amide bonds. The molecule has 3 heteroatoms. The smallest absolute Gasteiger partial charge is 0.246 e. The van der Waals surface area contributed by atoms with Crippen LogP contribution in [0, 0.1) is 5.92 Å². The Morgan fingerprint density at radius 2 is 2.07 bits per heavy atom. The van der Waals surface area contributed by atoms with Gasteiger partial charge in [0.1, 0.15) is 6.61 Å². The van der Waals surface area contributed by atoms with Crippen molar-refractivity contribution >= 4 is 5.91 Å². The van der Waals surface area contributed by atoms with Crippen LogP contribution in [0.15, 0.2) is 0 Å². The minimum absolute atomic E-state index is 0.0528. The van der Waals surface area contributed by atoms with Gasteiger partial charge in [-0.15, -0.1) is 0 Å². The van der Waals surface area contributed by atoms with Gasteiger partial charge in [0.25, 0.3) is 0 Å². The lowest BCUT2D eigenvalue weighted by Crippen LogP contribution is -2.46. The molecule has 0 aromatic carbocycles. The Hall–Kier alpha value is -0.570. The monoisotopic (exact) mass is 197 g/mol. The SMILES string of the molecule is O=C1COC[C@@H](CC2CCCCC2)N1. The average molecular weight is 197 g/mol. The standard InChI is InChI=1S/C11H19NO2/c13-11-8-14-7-10(12-11)6-9-4-2-1-3-5-9/h9-10H,1-8H2,(H,12,13)/t10-/m1/s1. The number of ether oxygens (including phenoxy) is 1. The average Bonchev–Trinajstić information content (AvgIpc) is 2.19. The van der Waals surface area contributed by atoms with Gasteiger partial charge in [0, 0.05) is 0 Å². The van der Waals surface area contributed by atoms with Gasteiger partial charge in [-0.2, -0.15) is 0 Å². The highest BCUT2D eigenvalue weighted by Crippen LogP contribution is 2.27. The third-order valence-electron chi connectivity index (χ3n) is 3.26. The predicted molar refractivity (Wildman–Crippen MR) is 53.9 cm³/mol. The second kappa shape index (κ2) is 4.78. The number of hydrogen-bond donors (Lipinski definition) is 1. The minimum Gasteiger partial charge on any atom is -0.370 e. The lowest BCUT2D eigenvalue weighted by Gasteiger charge is -2.29. The molecule has 3 nitrogen and oxygen atoms in total. The minimum atomic E-state index is 0.0528. The van der Waals surface area contributed by atoms with E-state index < -0.39 is 0 Å². The summed E-state index contributed by atoms with van der Waals surface area (Å²) in [6, 6.07) is 0.277. The van der Waals surface area contributed by atoms with Crippen LogP contribution in [0.25, 0.3) is 0 Å². The Labute approximate surface area is 85.2 Å². The molecule has 2 aliphatic rings. The lowest BCUT2D eigenvalue weighted by molar-refractivity contribution is -0.131. The van der Waals surface area contributed by atoms with E-state index in [9.17, 15) is 4.79 Å². The molecule has 1 saturated heterocycles. The van der Waals surface area contributed by atoms with Crippen LogP contribution in [0.3, 0.4) is 0 Å². The number of amides is 1. The topological polar surface area (TPSA) is 38.3 Å². The highest BCUT2D eigenvalue weighted by Gasteiger charge is 2.23. The van der Waals surface area contributed by atoms with E-state index in [2.05, 4.69) is 5.32 Å². The summed E-state index contributed by atoms with van der Waals surface area (Å²) < 4.78 is 5.22. The third-order valence-corrected chi connectivity index (χ3v) is 3.26. The molecular weight excluding hydrogens is 178 g/mol. The molecule has 1 saturated carbocycles. The molecule has 1 N–H and O–H groups in total. The first-order chi connectivity index (χ1) is 6.84. The van der Waals surface area contributed by atoms with Crippen molar-refractivity contribution < 1.29 is 9.53 Å². The molecule has 1 aliphatic carbocycles. The summed E-state index contributed by atoms with van der Waals surface area (Å²) in [4.78, 5) is 11.1. The molecule has 2 fully saturated rings. The number of nitrogens with one attached hydrogen (secondary N) is 1. The predicted octanol–water partition coefficient (Wildman–Crippen LogP) is 1.47. The Morgan fingerprint density at radius 1 is 1.29 bits per heavy atom. The van der Waals surface area contributed by atoms with Crippen molar-refractivity contribution in [3.63, 3.8) is 0 Å². The van der Waals surface area contributed by atoms with Crippen LogP contribution in [0.2, 0.25) is 0 Å².